The number of nitrogens with one attached hydrogen (secondary N) is 2. The molecule has 0 aliphatic rings. The van der Waals surface area contributed by atoms with E-state index in [0.717, 1.165) is 5.56 Å². The van der Waals surface area contributed by atoms with E-state index in [4.69, 9.17) is 0 Å². The third-order valence-corrected chi connectivity index (χ3v) is 5.37. The van der Waals surface area contributed by atoms with Gasteiger partial charge in [0, 0.05) is 18.5 Å². The van der Waals surface area contributed by atoms with E-state index in [-0.39, 0.29) is 35.6 Å². The molecule has 0 saturated heterocycles. The molecule has 2 N–H and O–H groups in total. The first-order valence-electron chi connectivity index (χ1n) is 8.24. The zero-order valence-electron chi connectivity index (χ0n) is 14.7. The molecule has 138 valence electrons. The van der Waals surface area contributed by atoms with Crippen LogP contribution in [0.1, 0.15) is 42.2 Å². The number of carbonyl (C=O) groups excluding carboxylic acids is 2. The molecular formula is C19H22N2O4S. The van der Waals surface area contributed by atoms with Crippen LogP contribution in [0.3, 0.4) is 0 Å². The van der Waals surface area contributed by atoms with E-state index < -0.39 is 10.0 Å². The molecule has 6 nitrogen and oxygen atoms in total. The Bertz CT molecular complexity index is 862. The predicted molar refractivity (Wildman–Crippen MR) is 99.3 cm³/mol. The van der Waals surface area contributed by atoms with Crippen molar-refractivity contribution in [1.29, 1.82) is 0 Å². The molecule has 0 bridgehead atoms. The van der Waals surface area contributed by atoms with E-state index >= 15 is 0 Å². The Morgan fingerprint density at radius 2 is 1.62 bits per heavy atom. The van der Waals surface area contributed by atoms with Crippen LogP contribution in [0.4, 0.5) is 0 Å². The summed E-state index contributed by atoms with van der Waals surface area (Å²) in [5, 5.41) is 2.83. The maximum absolute atomic E-state index is 12.2. The molecule has 0 fully saturated rings. The molecular weight excluding hydrogens is 352 g/mol. The summed E-state index contributed by atoms with van der Waals surface area (Å²) < 4.78 is 26.8. The molecule has 26 heavy (non-hydrogen) atoms. The van der Waals surface area contributed by atoms with Gasteiger partial charge in [0.15, 0.2) is 5.78 Å². The van der Waals surface area contributed by atoms with Gasteiger partial charge in [0.2, 0.25) is 15.9 Å². The minimum atomic E-state index is -3.72. The average Bonchev–Trinajstić information content (AvgIpc) is 2.62. The number of hydrogen-bond acceptors (Lipinski definition) is 4. The van der Waals surface area contributed by atoms with Crippen LogP contribution in [0.5, 0.6) is 0 Å². The van der Waals surface area contributed by atoms with Crippen molar-refractivity contribution in [2.45, 2.75) is 31.2 Å². The summed E-state index contributed by atoms with van der Waals surface area (Å²) in [4.78, 5) is 23.3. The fourth-order valence-electron chi connectivity index (χ4n) is 2.39. The van der Waals surface area contributed by atoms with Gasteiger partial charge in [-0.1, -0.05) is 42.5 Å². The van der Waals surface area contributed by atoms with Crippen LogP contribution in [-0.4, -0.2) is 26.7 Å². The monoisotopic (exact) mass is 374 g/mol. The van der Waals surface area contributed by atoms with Crippen LogP contribution in [0.2, 0.25) is 0 Å². The molecule has 2 rings (SSSR count). The van der Waals surface area contributed by atoms with Crippen molar-refractivity contribution in [2.75, 3.05) is 6.54 Å². The molecule has 0 heterocycles. The molecule has 7 heteroatoms. The van der Waals surface area contributed by atoms with Crippen LogP contribution < -0.4 is 10.0 Å². The quantitative estimate of drug-likeness (QED) is 0.694. The molecule has 1 amide bonds. The number of Topliss-reactive ketones (excluding diaryl/α,β-unsaturated/α-hetero) is 1. The standard InChI is InChI=1S/C19H22N2O4S/c1-14(16-6-4-3-5-7-16)21-19(23)12-13-20-26(24,25)18-10-8-17(9-11-18)15(2)22/h3-11,14,20H,12-13H2,1-2H3,(H,21,23). The second-order valence-electron chi connectivity index (χ2n) is 5.93. The summed E-state index contributed by atoms with van der Waals surface area (Å²) >= 11 is 0. The van der Waals surface area contributed by atoms with Gasteiger partial charge in [-0.3, -0.25) is 9.59 Å². The number of ketones is 1. The third-order valence-electron chi connectivity index (χ3n) is 3.89. The van der Waals surface area contributed by atoms with Crippen molar-refractivity contribution in [2.24, 2.45) is 0 Å². The summed E-state index contributed by atoms with van der Waals surface area (Å²) in [5.74, 6) is -0.373. The van der Waals surface area contributed by atoms with E-state index in [2.05, 4.69) is 10.0 Å². The maximum atomic E-state index is 12.2. The highest BCUT2D eigenvalue weighted by Gasteiger charge is 2.15. The topological polar surface area (TPSA) is 92.3 Å². The molecule has 0 radical (unpaired) electrons. The predicted octanol–water partition coefficient (Wildman–Crippen LogP) is 2.44. The zero-order chi connectivity index (χ0) is 19.2. The van der Waals surface area contributed by atoms with Gasteiger partial charge in [-0.25, -0.2) is 13.1 Å². The summed E-state index contributed by atoms with van der Waals surface area (Å²) in [7, 11) is -3.72. The zero-order valence-corrected chi connectivity index (χ0v) is 15.5. The fourth-order valence-corrected chi connectivity index (χ4v) is 3.42. The average molecular weight is 374 g/mol. The number of hydrogen-bond donors (Lipinski definition) is 2. The Morgan fingerprint density at radius 3 is 2.19 bits per heavy atom. The van der Waals surface area contributed by atoms with E-state index in [9.17, 15) is 18.0 Å². The minimum Gasteiger partial charge on any atom is -0.350 e. The summed E-state index contributed by atoms with van der Waals surface area (Å²) in [6, 6.07) is 15.0. The van der Waals surface area contributed by atoms with E-state index in [1.54, 1.807) is 0 Å². The largest absolute Gasteiger partial charge is 0.350 e. The van der Waals surface area contributed by atoms with Crippen LogP contribution in [0, 0.1) is 0 Å². The van der Waals surface area contributed by atoms with Crippen molar-refractivity contribution in [3.63, 3.8) is 0 Å². The van der Waals surface area contributed by atoms with Crippen molar-refractivity contribution >= 4 is 21.7 Å². The Labute approximate surface area is 153 Å². The first-order chi connectivity index (χ1) is 12.3. The van der Waals surface area contributed by atoms with Gasteiger partial charge in [0.25, 0.3) is 0 Å². The molecule has 2 aromatic rings. The fraction of sp³-hybridized carbons (Fsp3) is 0.263. The molecule has 0 saturated carbocycles. The first kappa shape index (κ1) is 19.8. The highest BCUT2D eigenvalue weighted by molar-refractivity contribution is 7.89. The van der Waals surface area contributed by atoms with Crippen LogP contribution in [0.25, 0.3) is 0 Å². The third kappa shape index (κ3) is 5.50. The van der Waals surface area contributed by atoms with E-state index in [0.29, 0.717) is 5.56 Å². The highest BCUT2D eigenvalue weighted by Crippen LogP contribution is 2.12. The lowest BCUT2D eigenvalue weighted by Gasteiger charge is -2.14. The number of amides is 1. The molecule has 2 aromatic carbocycles. The molecule has 1 atom stereocenters. The van der Waals surface area contributed by atoms with Crippen molar-refractivity contribution in [1.82, 2.24) is 10.0 Å². The van der Waals surface area contributed by atoms with Crippen molar-refractivity contribution in [3.8, 4) is 0 Å². The Balaban J connectivity index is 1.85. The van der Waals surface area contributed by atoms with Crippen LogP contribution >= 0.6 is 0 Å². The molecule has 0 aliphatic carbocycles. The Kier molecular flexibility index (Phi) is 6.65. The van der Waals surface area contributed by atoms with Gasteiger partial charge in [0.05, 0.1) is 10.9 Å². The van der Waals surface area contributed by atoms with Crippen LogP contribution in [-0.2, 0) is 14.8 Å². The summed E-state index contributed by atoms with van der Waals surface area (Å²) in [6.07, 6.45) is 0.0297. The smallest absolute Gasteiger partial charge is 0.240 e. The van der Waals surface area contributed by atoms with Crippen molar-refractivity contribution < 1.29 is 18.0 Å². The van der Waals surface area contributed by atoms with E-state index in [1.165, 1.54) is 31.2 Å². The molecule has 0 aliphatic heterocycles. The number of rotatable bonds is 8. The summed E-state index contributed by atoms with van der Waals surface area (Å²) in [6.45, 7) is 3.27. The van der Waals surface area contributed by atoms with Gasteiger partial charge in [-0.05, 0) is 31.5 Å². The lowest BCUT2D eigenvalue weighted by molar-refractivity contribution is -0.121. The van der Waals surface area contributed by atoms with Gasteiger partial charge in [0.1, 0.15) is 0 Å². The number of benzene rings is 2. The molecule has 1 unspecified atom stereocenters. The SMILES string of the molecule is CC(=O)c1ccc(S(=O)(=O)NCCC(=O)NC(C)c2ccccc2)cc1. The van der Waals surface area contributed by atoms with Gasteiger partial charge in [-0.15, -0.1) is 0 Å². The lowest BCUT2D eigenvalue weighted by atomic mass is 10.1. The van der Waals surface area contributed by atoms with Gasteiger partial charge >= 0.3 is 0 Å². The second kappa shape index (κ2) is 8.73. The summed E-state index contributed by atoms with van der Waals surface area (Å²) in [5.41, 5.74) is 1.42. The Morgan fingerprint density at radius 1 is 1.00 bits per heavy atom. The number of carbonyl (C=O) groups is 2. The van der Waals surface area contributed by atoms with Crippen LogP contribution in [0.15, 0.2) is 59.5 Å². The van der Waals surface area contributed by atoms with Crippen molar-refractivity contribution in [3.05, 3.63) is 65.7 Å². The number of sulfonamides is 1. The second-order valence-corrected chi connectivity index (χ2v) is 7.70. The van der Waals surface area contributed by atoms with Gasteiger partial charge < -0.3 is 5.32 Å². The lowest BCUT2D eigenvalue weighted by Crippen LogP contribution is -2.32. The normalized spacial score (nSPS) is 12.4. The Hall–Kier alpha value is -2.51. The first-order valence-corrected chi connectivity index (χ1v) is 9.73. The highest BCUT2D eigenvalue weighted by atomic mass is 32.2. The minimum absolute atomic E-state index is 0.00979. The molecule has 0 aromatic heterocycles. The maximum Gasteiger partial charge on any atom is 0.240 e. The van der Waals surface area contributed by atoms with Gasteiger partial charge in [-0.2, -0.15) is 0 Å². The van der Waals surface area contributed by atoms with E-state index in [1.807, 2.05) is 37.3 Å². The molecule has 0 spiro atoms.